The lowest BCUT2D eigenvalue weighted by Crippen LogP contribution is -2.48. The Hall–Kier alpha value is -0.580. The summed E-state index contributed by atoms with van der Waals surface area (Å²) in [5.41, 5.74) is 0. The highest BCUT2D eigenvalue weighted by atomic mass is 32.2. The second-order valence-electron chi connectivity index (χ2n) is 5.68. The zero-order valence-corrected chi connectivity index (χ0v) is 15.3. The molecule has 1 aromatic rings. The molecule has 1 fully saturated rings. The van der Waals surface area contributed by atoms with Crippen molar-refractivity contribution in [3.8, 4) is 0 Å². The topological polar surface area (TPSA) is 83.0 Å². The Labute approximate surface area is 141 Å². The van der Waals surface area contributed by atoms with Crippen LogP contribution in [0.2, 0.25) is 0 Å². The van der Waals surface area contributed by atoms with Gasteiger partial charge in [-0.25, -0.2) is 13.4 Å². The van der Waals surface area contributed by atoms with Gasteiger partial charge in [0.25, 0.3) is 0 Å². The van der Waals surface area contributed by atoms with E-state index < -0.39 is 16.1 Å². The van der Waals surface area contributed by atoms with Crippen LogP contribution in [0.5, 0.6) is 0 Å². The Kier molecular flexibility index (Phi) is 6.93. The summed E-state index contributed by atoms with van der Waals surface area (Å²) in [5.74, 6) is 0.146. The van der Waals surface area contributed by atoms with E-state index in [9.17, 15) is 13.5 Å². The average Bonchev–Trinajstić information content (AvgIpc) is 2.97. The fraction of sp³-hybridized carbons (Fsp3) is 0.786. The minimum absolute atomic E-state index is 0.146. The number of hydrogen-bond donors (Lipinski definition) is 1. The van der Waals surface area contributed by atoms with Gasteiger partial charge < -0.3 is 9.84 Å². The van der Waals surface area contributed by atoms with Crippen LogP contribution in [-0.2, 0) is 21.3 Å². The van der Waals surface area contributed by atoms with Crippen molar-refractivity contribution in [1.29, 1.82) is 0 Å². The molecule has 0 bridgehead atoms. The van der Waals surface area contributed by atoms with E-state index in [-0.39, 0.29) is 5.75 Å². The van der Waals surface area contributed by atoms with Crippen LogP contribution in [0.1, 0.15) is 29.3 Å². The van der Waals surface area contributed by atoms with Gasteiger partial charge in [-0.2, -0.15) is 4.31 Å². The number of aliphatic hydroxyl groups excluding tert-OH is 1. The molecule has 9 heteroatoms. The minimum atomic E-state index is -3.18. The summed E-state index contributed by atoms with van der Waals surface area (Å²) in [5, 5.41) is 10.2. The molecule has 0 unspecified atom stereocenters. The van der Waals surface area contributed by atoms with Crippen LogP contribution in [0.15, 0.2) is 6.20 Å². The van der Waals surface area contributed by atoms with Gasteiger partial charge in [0, 0.05) is 57.5 Å². The molecule has 0 aliphatic carbocycles. The maximum Gasteiger partial charge on any atom is 0.214 e. The lowest BCUT2D eigenvalue weighted by molar-refractivity contribution is 0.181. The second-order valence-corrected chi connectivity index (χ2v) is 8.91. The molecule has 7 nitrogen and oxygen atoms in total. The van der Waals surface area contributed by atoms with Crippen molar-refractivity contribution in [2.24, 2.45) is 0 Å². The fourth-order valence-corrected chi connectivity index (χ4v) is 4.85. The molecule has 1 aromatic heterocycles. The number of ether oxygens (including phenoxy) is 1. The van der Waals surface area contributed by atoms with E-state index in [1.807, 2.05) is 0 Å². The van der Waals surface area contributed by atoms with E-state index in [2.05, 4.69) is 9.88 Å². The highest BCUT2D eigenvalue weighted by Gasteiger charge is 2.26. The van der Waals surface area contributed by atoms with Crippen LogP contribution in [0.3, 0.4) is 0 Å². The third-order valence-electron chi connectivity index (χ3n) is 3.78. The van der Waals surface area contributed by atoms with Gasteiger partial charge in [0.2, 0.25) is 10.0 Å². The average molecular weight is 364 g/mol. The van der Waals surface area contributed by atoms with Crippen LogP contribution < -0.4 is 0 Å². The SMILES string of the molecule is COCCCS(=O)(=O)N1CCN(Cc2cnc([C@H](C)O)s2)CC1. The standard InChI is InChI=1S/C14H25N3O4S2/c1-12(18)14-15-10-13(22-14)11-16-4-6-17(7-5-16)23(19,20)9-3-8-21-2/h10,12,18H,3-9,11H2,1-2H3/t12-/m0/s1. The number of piperazine rings is 1. The van der Waals surface area contributed by atoms with Crippen molar-refractivity contribution < 1.29 is 18.3 Å². The number of methoxy groups -OCH3 is 1. The first-order valence-electron chi connectivity index (χ1n) is 7.74. The Morgan fingerprint density at radius 3 is 2.65 bits per heavy atom. The number of aromatic nitrogens is 1. The highest BCUT2D eigenvalue weighted by Crippen LogP contribution is 2.21. The third-order valence-corrected chi connectivity index (χ3v) is 6.89. The molecule has 1 saturated heterocycles. The van der Waals surface area contributed by atoms with Crippen LogP contribution in [0, 0.1) is 0 Å². The lowest BCUT2D eigenvalue weighted by Gasteiger charge is -2.33. The van der Waals surface area contributed by atoms with Crippen LogP contribution in [-0.4, -0.2) is 73.4 Å². The van der Waals surface area contributed by atoms with Crippen LogP contribution >= 0.6 is 11.3 Å². The first-order valence-corrected chi connectivity index (χ1v) is 10.2. The molecule has 1 aliphatic heterocycles. The van der Waals surface area contributed by atoms with Gasteiger partial charge in [0.05, 0.1) is 5.75 Å². The largest absolute Gasteiger partial charge is 0.386 e. The summed E-state index contributed by atoms with van der Waals surface area (Å²) in [6.07, 6.45) is 1.78. The van der Waals surface area contributed by atoms with E-state index >= 15 is 0 Å². The van der Waals surface area contributed by atoms with Crippen molar-refractivity contribution in [2.45, 2.75) is 26.0 Å². The molecule has 0 aromatic carbocycles. The molecular weight excluding hydrogens is 338 g/mol. The maximum atomic E-state index is 12.2. The predicted octanol–water partition coefficient (Wildman–Crippen LogP) is 0.680. The minimum Gasteiger partial charge on any atom is -0.386 e. The number of rotatable bonds is 8. The molecule has 23 heavy (non-hydrogen) atoms. The summed E-state index contributed by atoms with van der Waals surface area (Å²) in [7, 11) is -1.60. The van der Waals surface area contributed by atoms with Gasteiger partial charge in [0.15, 0.2) is 0 Å². The van der Waals surface area contributed by atoms with E-state index in [1.165, 1.54) is 11.3 Å². The van der Waals surface area contributed by atoms with Gasteiger partial charge in [0.1, 0.15) is 11.1 Å². The molecule has 2 rings (SSSR count). The van der Waals surface area contributed by atoms with Crippen molar-refractivity contribution in [3.05, 3.63) is 16.1 Å². The molecule has 1 N–H and O–H groups in total. The molecule has 0 spiro atoms. The molecule has 132 valence electrons. The van der Waals surface area contributed by atoms with Crippen LogP contribution in [0.25, 0.3) is 0 Å². The molecule has 1 atom stereocenters. The second kappa shape index (κ2) is 8.50. The molecule has 0 saturated carbocycles. The smallest absolute Gasteiger partial charge is 0.214 e. The van der Waals surface area contributed by atoms with Crippen LogP contribution in [0.4, 0.5) is 0 Å². The number of nitrogens with zero attached hydrogens (tertiary/aromatic N) is 3. The molecule has 0 radical (unpaired) electrons. The molecular formula is C14H25N3O4S2. The Morgan fingerprint density at radius 1 is 1.39 bits per heavy atom. The van der Waals surface area contributed by atoms with Gasteiger partial charge in [-0.1, -0.05) is 0 Å². The summed E-state index contributed by atoms with van der Waals surface area (Å²) in [6.45, 7) is 5.40. The quantitative estimate of drug-likeness (QED) is 0.684. The van der Waals surface area contributed by atoms with Crippen molar-refractivity contribution in [3.63, 3.8) is 0 Å². The van der Waals surface area contributed by atoms with Crippen molar-refractivity contribution >= 4 is 21.4 Å². The van der Waals surface area contributed by atoms with Crippen molar-refractivity contribution in [2.75, 3.05) is 45.6 Å². The summed E-state index contributed by atoms with van der Waals surface area (Å²) >= 11 is 1.51. The number of thiazole rings is 1. The van der Waals surface area contributed by atoms with Gasteiger partial charge >= 0.3 is 0 Å². The van der Waals surface area contributed by atoms with E-state index in [4.69, 9.17) is 4.74 Å². The predicted molar refractivity (Wildman–Crippen MR) is 89.9 cm³/mol. The van der Waals surface area contributed by atoms with E-state index in [1.54, 1.807) is 24.5 Å². The van der Waals surface area contributed by atoms with Crippen molar-refractivity contribution in [1.82, 2.24) is 14.2 Å². The first kappa shape index (κ1) is 18.8. The first-order chi connectivity index (χ1) is 10.9. The zero-order chi connectivity index (χ0) is 16.9. The van der Waals surface area contributed by atoms with Gasteiger partial charge in [-0.15, -0.1) is 11.3 Å². The zero-order valence-electron chi connectivity index (χ0n) is 13.6. The Morgan fingerprint density at radius 2 is 2.09 bits per heavy atom. The molecule has 1 aliphatic rings. The molecule has 2 heterocycles. The van der Waals surface area contributed by atoms with Gasteiger partial charge in [-0.3, -0.25) is 4.90 Å². The summed E-state index contributed by atoms with van der Waals surface area (Å²) in [4.78, 5) is 7.52. The fourth-order valence-electron chi connectivity index (χ4n) is 2.49. The highest BCUT2D eigenvalue weighted by molar-refractivity contribution is 7.89. The normalized spacial score (nSPS) is 19.1. The lowest BCUT2D eigenvalue weighted by atomic mass is 10.3. The maximum absolute atomic E-state index is 12.2. The monoisotopic (exact) mass is 363 g/mol. The summed E-state index contributed by atoms with van der Waals surface area (Å²) < 4.78 is 30.9. The molecule has 0 amide bonds. The number of aliphatic hydroxyl groups is 1. The number of sulfonamides is 1. The van der Waals surface area contributed by atoms with E-state index in [0.717, 1.165) is 16.4 Å². The third kappa shape index (κ3) is 5.47. The van der Waals surface area contributed by atoms with Gasteiger partial charge in [-0.05, 0) is 13.3 Å². The number of hydrogen-bond acceptors (Lipinski definition) is 7. The van der Waals surface area contributed by atoms with E-state index in [0.29, 0.717) is 39.2 Å². The Bertz CT molecular complexity index is 581. The summed E-state index contributed by atoms with van der Waals surface area (Å²) in [6, 6.07) is 0. The Balaban J connectivity index is 1.81.